The summed E-state index contributed by atoms with van der Waals surface area (Å²) in [5.41, 5.74) is 1.52. The van der Waals surface area contributed by atoms with Crippen LogP contribution in [-0.2, 0) is 0 Å². The number of non-ortho nitro benzene ring substituents is 1. The van der Waals surface area contributed by atoms with E-state index in [4.69, 9.17) is 9.47 Å². The lowest BCUT2D eigenvalue weighted by atomic mass is 10.0. The van der Waals surface area contributed by atoms with E-state index >= 15 is 0 Å². The van der Waals surface area contributed by atoms with Crippen LogP contribution in [0.25, 0.3) is 0 Å². The monoisotopic (exact) mass is 393 g/mol. The van der Waals surface area contributed by atoms with Crippen LogP contribution in [0.15, 0.2) is 54.6 Å². The van der Waals surface area contributed by atoms with Gasteiger partial charge in [0.1, 0.15) is 23.0 Å². The number of ether oxygens (including phenoxy) is 2. The van der Waals surface area contributed by atoms with Crippen molar-refractivity contribution in [1.29, 1.82) is 0 Å². The Bertz CT molecular complexity index is 1080. The molecular formula is C22H19NO6. The third-order valence-electron chi connectivity index (χ3n) is 4.44. The Labute approximate surface area is 167 Å². The molecule has 3 rings (SSSR count). The molecule has 1 N–H and O–H groups in total. The first-order chi connectivity index (χ1) is 13.8. The zero-order valence-electron chi connectivity index (χ0n) is 16.1. The summed E-state index contributed by atoms with van der Waals surface area (Å²) in [4.78, 5) is 23.5. The van der Waals surface area contributed by atoms with Gasteiger partial charge in [0.2, 0.25) is 5.78 Å². The van der Waals surface area contributed by atoms with Crippen molar-refractivity contribution in [3.63, 3.8) is 0 Å². The summed E-state index contributed by atoms with van der Waals surface area (Å²) in [6, 6.07) is 13.9. The van der Waals surface area contributed by atoms with Crippen LogP contribution < -0.4 is 9.47 Å². The normalized spacial score (nSPS) is 10.4. The molecule has 0 aliphatic heterocycles. The van der Waals surface area contributed by atoms with Gasteiger partial charge in [-0.1, -0.05) is 12.1 Å². The maximum Gasteiger partial charge on any atom is 0.270 e. The Hall–Kier alpha value is -3.87. The first-order valence-corrected chi connectivity index (χ1v) is 8.76. The van der Waals surface area contributed by atoms with E-state index in [0.717, 1.165) is 0 Å². The van der Waals surface area contributed by atoms with Gasteiger partial charge in [-0.05, 0) is 55.3 Å². The molecule has 3 aromatic carbocycles. The van der Waals surface area contributed by atoms with E-state index < -0.39 is 10.7 Å². The quantitative estimate of drug-likeness (QED) is 0.361. The molecule has 3 aromatic rings. The van der Waals surface area contributed by atoms with Gasteiger partial charge in [-0.15, -0.1) is 0 Å². The Kier molecular flexibility index (Phi) is 5.50. The van der Waals surface area contributed by atoms with E-state index in [1.54, 1.807) is 38.1 Å². The number of nitro benzene ring substituents is 1. The van der Waals surface area contributed by atoms with Crippen molar-refractivity contribution in [1.82, 2.24) is 0 Å². The predicted octanol–water partition coefficient (Wildman–Crippen LogP) is 4.95. The Morgan fingerprint density at radius 2 is 1.66 bits per heavy atom. The Morgan fingerprint density at radius 3 is 2.28 bits per heavy atom. The zero-order chi connectivity index (χ0) is 21.1. The SMILES string of the molecule is COc1ccccc1C(=O)c1cc(Oc2c(C)cc([N+](=O)[O-])cc2C)ccc1O. The second-order valence-electron chi connectivity index (χ2n) is 6.48. The van der Waals surface area contributed by atoms with Crippen LogP contribution in [0.1, 0.15) is 27.0 Å². The van der Waals surface area contributed by atoms with Crippen LogP contribution >= 0.6 is 0 Å². The molecule has 0 unspecified atom stereocenters. The number of carbonyl (C=O) groups excluding carboxylic acids is 1. The van der Waals surface area contributed by atoms with Crippen LogP contribution in [-0.4, -0.2) is 22.9 Å². The fourth-order valence-electron chi connectivity index (χ4n) is 3.05. The average molecular weight is 393 g/mol. The fourth-order valence-corrected chi connectivity index (χ4v) is 3.05. The number of para-hydroxylation sites is 1. The van der Waals surface area contributed by atoms with Gasteiger partial charge in [-0.3, -0.25) is 14.9 Å². The summed E-state index contributed by atoms with van der Waals surface area (Å²) >= 11 is 0. The molecule has 0 saturated heterocycles. The van der Waals surface area contributed by atoms with Gasteiger partial charge >= 0.3 is 0 Å². The van der Waals surface area contributed by atoms with E-state index in [-0.39, 0.29) is 17.0 Å². The molecule has 0 fully saturated rings. The summed E-state index contributed by atoms with van der Waals surface area (Å²) in [5.74, 6) is 0.566. The summed E-state index contributed by atoms with van der Waals surface area (Å²) in [6.45, 7) is 3.41. The average Bonchev–Trinajstić information content (AvgIpc) is 2.71. The maximum atomic E-state index is 12.9. The van der Waals surface area contributed by atoms with Crippen LogP contribution in [0.3, 0.4) is 0 Å². The number of carbonyl (C=O) groups is 1. The van der Waals surface area contributed by atoms with Crippen LogP contribution in [0.5, 0.6) is 23.0 Å². The van der Waals surface area contributed by atoms with E-state index in [9.17, 15) is 20.0 Å². The number of rotatable bonds is 6. The number of aromatic hydroxyl groups is 1. The lowest BCUT2D eigenvalue weighted by molar-refractivity contribution is -0.385. The molecule has 0 bridgehead atoms. The smallest absolute Gasteiger partial charge is 0.270 e. The second kappa shape index (κ2) is 8.02. The van der Waals surface area contributed by atoms with Crippen molar-refractivity contribution < 1.29 is 24.3 Å². The molecule has 0 aliphatic carbocycles. The molecule has 0 atom stereocenters. The number of methoxy groups -OCH3 is 1. The molecule has 0 radical (unpaired) electrons. The molecular weight excluding hydrogens is 374 g/mol. The molecule has 0 saturated carbocycles. The predicted molar refractivity (Wildman–Crippen MR) is 107 cm³/mol. The zero-order valence-corrected chi connectivity index (χ0v) is 16.1. The number of aryl methyl sites for hydroxylation is 2. The van der Waals surface area contributed by atoms with Gasteiger partial charge in [-0.25, -0.2) is 0 Å². The highest BCUT2D eigenvalue weighted by Crippen LogP contribution is 2.35. The van der Waals surface area contributed by atoms with Gasteiger partial charge in [0.15, 0.2) is 0 Å². The number of benzene rings is 3. The number of phenols is 1. The van der Waals surface area contributed by atoms with E-state index in [1.165, 1.54) is 37.4 Å². The highest BCUT2D eigenvalue weighted by Gasteiger charge is 2.19. The molecule has 0 aromatic heterocycles. The van der Waals surface area contributed by atoms with Crippen LogP contribution in [0, 0.1) is 24.0 Å². The molecule has 7 heteroatoms. The number of nitrogens with zero attached hydrogens (tertiary/aromatic N) is 1. The Balaban J connectivity index is 1.98. The molecule has 0 aliphatic rings. The summed E-state index contributed by atoms with van der Waals surface area (Å²) < 4.78 is 11.1. The van der Waals surface area contributed by atoms with Crippen LogP contribution in [0.4, 0.5) is 5.69 Å². The lowest BCUT2D eigenvalue weighted by Crippen LogP contribution is -2.04. The topological polar surface area (TPSA) is 98.9 Å². The van der Waals surface area contributed by atoms with Crippen LogP contribution in [0.2, 0.25) is 0 Å². The van der Waals surface area contributed by atoms with Gasteiger partial charge in [0.05, 0.1) is 23.2 Å². The second-order valence-corrected chi connectivity index (χ2v) is 6.48. The number of phenolic OH excluding ortho intramolecular Hbond substituents is 1. The minimum absolute atomic E-state index is 0.0231. The van der Waals surface area contributed by atoms with Gasteiger partial charge in [0, 0.05) is 12.1 Å². The maximum absolute atomic E-state index is 12.9. The lowest BCUT2D eigenvalue weighted by Gasteiger charge is -2.14. The van der Waals surface area contributed by atoms with Gasteiger partial charge in [-0.2, -0.15) is 0 Å². The molecule has 148 valence electrons. The van der Waals surface area contributed by atoms with E-state index in [0.29, 0.717) is 33.9 Å². The molecule has 0 spiro atoms. The summed E-state index contributed by atoms with van der Waals surface area (Å²) in [7, 11) is 1.46. The van der Waals surface area contributed by atoms with Crippen molar-refractivity contribution in [2.24, 2.45) is 0 Å². The van der Waals surface area contributed by atoms with Gasteiger partial charge < -0.3 is 14.6 Å². The minimum Gasteiger partial charge on any atom is -0.507 e. The largest absolute Gasteiger partial charge is 0.507 e. The fraction of sp³-hybridized carbons (Fsp3) is 0.136. The first-order valence-electron chi connectivity index (χ1n) is 8.76. The third kappa shape index (κ3) is 4.03. The first kappa shape index (κ1) is 19.9. The van der Waals surface area contributed by atoms with Crippen molar-refractivity contribution in [3.8, 4) is 23.0 Å². The molecule has 29 heavy (non-hydrogen) atoms. The molecule has 7 nitrogen and oxygen atoms in total. The Morgan fingerprint density at radius 1 is 1.00 bits per heavy atom. The number of hydrogen-bond acceptors (Lipinski definition) is 6. The highest BCUT2D eigenvalue weighted by molar-refractivity contribution is 6.12. The van der Waals surface area contributed by atoms with Gasteiger partial charge in [0.25, 0.3) is 5.69 Å². The van der Waals surface area contributed by atoms with Crippen molar-refractivity contribution in [2.75, 3.05) is 7.11 Å². The van der Waals surface area contributed by atoms with Crippen molar-refractivity contribution in [3.05, 3.63) is 87.0 Å². The van der Waals surface area contributed by atoms with Crippen molar-refractivity contribution in [2.45, 2.75) is 13.8 Å². The number of hydrogen-bond donors (Lipinski definition) is 1. The third-order valence-corrected chi connectivity index (χ3v) is 4.44. The summed E-state index contributed by atoms with van der Waals surface area (Å²) in [5, 5.41) is 21.2. The van der Waals surface area contributed by atoms with E-state index in [2.05, 4.69) is 0 Å². The summed E-state index contributed by atoms with van der Waals surface area (Å²) in [6.07, 6.45) is 0. The molecule has 0 heterocycles. The van der Waals surface area contributed by atoms with Crippen molar-refractivity contribution >= 4 is 11.5 Å². The van der Waals surface area contributed by atoms with E-state index in [1.807, 2.05) is 0 Å². The number of ketones is 1. The highest BCUT2D eigenvalue weighted by atomic mass is 16.6. The number of nitro groups is 1. The molecule has 0 amide bonds. The minimum atomic E-state index is -0.464. The standard InChI is InChI=1S/C22H19NO6/c1-13-10-15(23(26)27)11-14(2)22(13)29-16-8-9-19(24)18(12-16)21(25)17-6-4-5-7-20(17)28-3/h4-12,24H,1-3H3.